The van der Waals surface area contributed by atoms with Crippen LogP contribution in [0.1, 0.15) is 12.0 Å². The zero-order chi connectivity index (χ0) is 14.8. The average molecular weight is 305 g/mol. The molecular weight excluding hydrogens is 291 g/mol. The Hall–Kier alpha value is -2.07. The van der Waals surface area contributed by atoms with Crippen molar-refractivity contribution in [1.29, 1.82) is 0 Å². The molecule has 1 heterocycles. The Balaban J connectivity index is 1.81. The summed E-state index contributed by atoms with van der Waals surface area (Å²) in [5, 5.41) is 6.31. The molecule has 3 nitrogen and oxygen atoms in total. The van der Waals surface area contributed by atoms with E-state index < -0.39 is 6.04 Å². The first kappa shape index (κ1) is 13.9. The van der Waals surface area contributed by atoms with Gasteiger partial charge in [-0.05, 0) is 42.7 Å². The molecule has 0 saturated carbocycles. The molecular formula is C16H14ClFN2O. The van der Waals surface area contributed by atoms with E-state index in [4.69, 9.17) is 11.6 Å². The first-order valence-corrected chi connectivity index (χ1v) is 7.11. The number of aryl methyl sites for hydroxylation is 1. The molecule has 5 heteroatoms. The van der Waals surface area contributed by atoms with E-state index in [1.54, 1.807) is 0 Å². The van der Waals surface area contributed by atoms with Crippen LogP contribution in [0.4, 0.5) is 15.8 Å². The number of anilines is 2. The number of halogens is 2. The fourth-order valence-electron chi connectivity index (χ4n) is 2.44. The Morgan fingerprint density at radius 1 is 1.24 bits per heavy atom. The zero-order valence-electron chi connectivity index (χ0n) is 11.2. The number of rotatable bonds is 2. The number of carbonyl (C=O) groups excluding carboxylic acids is 1. The van der Waals surface area contributed by atoms with E-state index in [9.17, 15) is 9.18 Å². The molecule has 2 aromatic rings. The highest BCUT2D eigenvalue weighted by molar-refractivity contribution is 6.33. The first-order valence-electron chi connectivity index (χ1n) is 6.74. The number of nitrogens with one attached hydrogen (secondary N) is 2. The fraction of sp³-hybridized carbons (Fsp3) is 0.188. The minimum Gasteiger partial charge on any atom is -0.372 e. The van der Waals surface area contributed by atoms with Crippen molar-refractivity contribution in [2.24, 2.45) is 0 Å². The average Bonchev–Trinajstić information content (AvgIpc) is 2.62. The van der Waals surface area contributed by atoms with Crippen LogP contribution in [0.25, 0.3) is 0 Å². The lowest BCUT2D eigenvalue weighted by molar-refractivity contribution is -0.116. The van der Waals surface area contributed by atoms with E-state index in [-0.39, 0.29) is 11.7 Å². The molecule has 0 aromatic heterocycles. The van der Waals surface area contributed by atoms with Gasteiger partial charge in [0.2, 0.25) is 5.91 Å². The van der Waals surface area contributed by atoms with Crippen molar-refractivity contribution in [3.8, 4) is 0 Å². The first-order chi connectivity index (χ1) is 10.1. The van der Waals surface area contributed by atoms with Crippen molar-refractivity contribution in [2.75, 3.05) is 10.6 Å². The van der Waals surface area contributed by atoms with Gasteiger partial charge in [0.15, 0.2) is 0 Å². The molecule has 2 aromatic carbocycles. The van der Waals surface area contributed by atoms with Gasteiger partial charge < -0.3 is 10.6 Å². The minimum atomic E-state index is -0.448. The Morgan fingerprint density at radius 2 is 2.05 bits per heavy atom. The van der Waals surface area contributed by atoms with Crippen molar-refractivity contribution in [1.82, 2.24) is 0 Å². The number of fused-ring (bicyclic) bond motifs is 1. The molecule has 1 atom stereocenters. The molecule has 0 saturated heterocycles. The lowest BCUT2D eigenvalue weighted by Crippen LogP contribution is -2.33. The number of hydrogen-bond acceptors (Lipinski definition) is 2. The number of benzene rings is 2. The molecule has 0 spiro atoms. The monoisotopic (exact) mass is 304 g/mol. The maximum atomic E-state index is 13.3. The summed E-state index contributed by atoms with van der Waals surface area (Å²) in [5.74, 6) is -0.528. The SMILES string of the molecule is O=C1Nc2ccccc2CCC1Nc1cc(F)ccc1Cl. The van der Waals surface area contributed by atoms with E-state index in [0.717, 1.165) is 17.7 Å². The Kier molecular flexibility index (Phi) is 3.80. The van der Waals surface area contributed by atoms with Crippen molar-refractivity contribution >= 4 is 28.9 Å². The van der Waals surface area contributed by atoms with E-state index in [2.05, 4.69) is 10.6 Å². The van der Waals surface area contributed by atoms with Gasteiger partial charge in [0.05, 0.1) is 10.7 Å². The largest absolute Gasteiger partial charge is 0.372 e. The van der Waals surface area contributed by atoms with E-state index >= 15 is 0 Å². The van der Waals surface area contributed by atoms with Gasteiger partial charge in [0, 0.05) is 5.69 Å². The van der Waals surface area contributed by atoms with Gasteiger partial charge >= 0.3 is 0 Å². The van der Waals surface area contributed by atoms with Crippen LogP contribution in [0.2, 0.25) is 5.02 Å². The lowest BCUT2D eigenvalue weighted by Gasteiger charge is -2.17. The highest BCUT2D eigenvalue weighted by Crippen LogP contribution is 2.27. The van der Waals surface area contributed by atoms with E-state index in [0.29, 0.717) is 17.1 Å². The predicted octanol–water partition coefficient (Wildman–Crippen LogP) is 3.84. The van der Waals surface area contributed by atoms with Gasteiger partial charge in [-0.15, -0.1) is 0 Å². The smallest absolute Gasteiger partial charge is 0.246 e. The quantitative estimate of drug-likeness (QED) is 0.885. The molecule has 1 unspecified atom stereocenters. The van der Waals surface area contributed by atoms with Crippen LogP contribution in [-0.4, -0.2) is 11.9 Å². The molecule has 0 fully saturated rings. The van der Waals surface area contributed by atoms with Crippen LogP contribution in [0.15, 0.2) is 42.5 Å². The van der Waals surface area contributed by atoms with Crippen LogP contribution in [0.3, 0.4) is 0 Å². The highest BCUT2D eigenvalue weighted by Gasteiger charge is 2.23. The summed E-state index contributed by atoms with van der Waals surface area (Å²) in [6.45, 7) is 0. The standard InChI is InChI=1S/C16H14ClFN2O/c17-12-7-6-11(18)9-15(12)19-14-8-5-10-3-1-2-4-13(10)20-16(14)21/h1-4,6-7,9,14,19H,5,8H2,(H,20,21). The molecule has 108 valence electrons. The van der Waals surface area contributed by atoms with Gasteiger partial charge in [-0.1, -0.05) is 29.8 Å². The van der Waals surface area contributed by atoms with Crippen LogP contribution in [0, 0.1) is 5.82 Å². The zero-order valence-corrected chi connectivity index (χ0v) is 12.0. The summed E-state index contributed by atoms with van der Waals surface area (Å²) in [5.41, 5.74) is 2.36. The van der Waals surface area contributed by atoms with Crippen LogP contribution in [0.5, 0.6) is 0 Å². The fourth-order valence-corrected chi connectivity index (χ4v) is 2.62. The summed E-state index contributed by atoms with van der Waals surface area (Å²) >= 11 is 6.03. The topological polar surface area (TPSA) is 41.1 Å². The van der Waals surface area contributed by atoms with Crippen molar-refractivity contribution in [3.63, 3.8) is 0 Å². The van der Waals surface area contributed by atoms with Gasteiger partial charge in [0.25, 0.3) is 0 Å². The summed E-state index contributed by atoms with van der Waals surface area (Å²) < 4.78 is 13.3. The van der Waals surface area contributed by atoms with Crippen LogP contribution in [-0.2, 0) is 11.2 Å². The van der Waals surface area contributed by atoms with Crippen LogP contribution >= 0.6 is 11.6 Å². The molecule has 0 radical (unpaired) electrons. The molecule has 0 bridgehead atoms. The van der Waals surface area contributed by atoms with E-state index in [1.165, 1.54) is 18.2 Å². The third-order valence-corrected chi connectivity index (χ3v) is 3.88. The Bertz CT molecular complexity index is 690. The van der Waals surface area contributed by atoms with Gasteiger partial charge in [-0.3, -0.25) is 4.79 Å². The third-order valence-electron chi connectivity index (χ3n) is 3.55. The molecule has 2 N–H and O–H groups in total. The van der Waals surface area contributed by atoms with Crippen molar-refractivity contribution < 1.29 is 9.18 Å². The van der Waals surface area contributed by atoms with Gasteiger partial charge in [-0.2, -0.15) is 0 Å². The Labute approximate surface area is 127 Å². The predicted molar refractivity (Wildman–Crippen MR) is 82.2 cm³/mol. The highest BCUT2D eigenvalue weighted by atomic mass is 35.5. The number of amides is 1. The molecule has 1 aliphatic rings. The molecule has 3 rings (SSSR count). The van der Waals surface area contributed by atoms with Crippen molar-refractivity contribution in [2.45, 2.75) is 18.9 Å². The van der Waals surface area contributed by atoms with Crippen LogP contribution < -0.4 is 10.6 Å². The second-order valence-corrected chi connectivity index (χ2v) is 5.41. The third kappa shape index (κ3) is 3.00. The second-order valence-electron chi connectivity index (χ2n) is 5.01. The van der Waals surface area contributed by atoms with E-state index in [1.807, 2.05) is 24.3 Å². The minimum absolute atomic E-state index is 0.139. The molecule has 1 aliphatic heterocycles. The molecule has 1 amide bonds. The summed E-state index contributed by atoms with van der Waals surface area (Å²) in [7, 11) is 0. The lowest BCUT2D eigenvalue weighted by atomic mass is 10.1. The summed E-state index contributed by atoms with van der Waals surface area (Å²) in [6, 6.07) is 11.3. The molecule has 0 aliphatic carbocycles. The summed E-state index contributed by atoms with van der Waals surface area (Å²) in [6.07, 6.45) is 1.38. The number of para-hydroxylation sites is 1. The van der Waals surface area contributed by atoms with Crippen molar-refractivity contribution in [3.05, 3.63) is 58.9 Å². The summed E-state index contributed by atoms with van der Waals surface area (Å²) in [4.78, 5) is 12.3. The van der Waals surface area contributed by atoms with Gasteiger partial charge in [0.1, 0.15) is 11.9 Å². The normalized spacial score (nSPS) is 17.6. The maximum Gasteiger partial charge on any atom is 0.246 e. The molecule has 21 heavy (non-hydrogen) atoms. The number of hydrogen-bond donors (Lipinski definition) is 2. The maximum absolute atomic E-state index is 13.3. The van der Waals surface area contributed by atoms with Gasteiger partial charge in [-0.25, -0.2) is 4.39 Å². The number of carbonyl (C=O) groups is 1. The second kappa shape index (κ2) is 5.74. The Morgan fingerprint density at radius 3 is 2.90 bits per heavy atom.